The van der Waals surface area contributed by atoms with E-state index in [9.17, 15) is 18.0 Å². The number of carbonyl (C=O) groups is 1. The molecule has 7 heteroatoms. The van der Waals surface area contributed by atoms with E-state index in [1.54, 1.807) is 6.07 Å². The Morgan fingerprint density at radius 1 is 1.25 bits per heavy atom. The molecule has 0 atom stereocenters. The Balaban J connectivity index is 2.43. The van der Waals surface area contributed by atoms with Gasteiger partial charge in [0.1, 0.15) is 11.6 Å². The van der Waals surface area contributed by atoms with Crippen LogP contribution in [0.2, 0.25) is 0 Å². The second kappa shape index (κ2) is 5.20. The van der Waals surface area contributed by atoms with Crippen molar-refractivity contribution in [3.63, 3.8) is 0 Å². The molecule has 20 heavy (non-hydrogen) atoms. The highest BCUT2D eigenvalue weighted by Crippen LogP contribution is 2.29. The number of hydrogen-bond acceptors (Lipinski definition) is 4. The van der Waals surface area contributed by atoms with Gasteiger partial charge in [-0.3, -0.25) is 4.79 Å². The summed E-state index contributed by atoms with van der Waals surface area (Å²) in [6.07, 6.45) is -2.89. The van der Waals surface area contributed by atoms with Crippen molar-refractivity contribution in [3.05, 3.63) is 42.1 Å². The Morgan fingerprint density at radius 3 is 2.65 bits per heavy atom. The number of benzene rings is 1. The molecule has 0 fully saturated rings. The van der Waals surface area contributed by atoms with Crippen molar-refractivity contribution in [1.29, 1.82) is 0 Å². The molecule has 0 aliphatic rings. The Bertz CT molecular complexity index is 642. The Hall–Kier alpha value is -2.57. The van der Waals surface area contributed by atoms with Gasteiger partial charge in [-0.05, 0) is 23.8 Å². The van der Waals surface area contributed by atoms with Gasteiger partial charge in [-0.15, -0.1) is 13.2 Å². The molecule has 0 unspecified atom stereocenters. The van der Waals surface area contributed by atoms with Crippen LogP contribution in [-0.2, 0) is 0 Å². The summed E-state index contributed by atoms with van der Waals surface area (Å²) in [4.78, 5) is 14.8. The lowest BCUT2D eigenvalue weighted by Gasteiger charge is -2.11. The van der Waals surface area contributed by atoms with Crippen molar-refractivity contribution in [2.45, 2.75) is 6.36 Å². The Labute approximate surface area is 112 Å². The van der Waals surface area contributed by atoms with Gasteiger partial charge in [-0.2, -0.15) is 0 Å². The predicted octanol–water partition coefficient (Wildman–Crippen LogP) is 3.04. The molecule has 1 aromatic carbocycles. The summed E-state index contributed by atoms with van der Waals surface area (Å²) in [5, 5.41) is 0. The average molecular weight is 282 g/mol. The minimum atomic E-state index is -4.77. The highest BCUT2D eigenvalue weighted by atomic mass is 19.4. The fourth-order valence-electron chi connectivity index (χ4n) is 1.69. The monoisotopic (exact) mass is 282 g/mol. The maximum Gasteiger partial charge on any atom is 0.573 e. The number of pyridine rings is 1. The van der Waals surface area contributed by atoms with Crippen molar-refractivity contribution in [1.82, 2.24) is 4.98 Å². The molecule has 0 aliphatic heterocycles. The van der Waals surface area contributed by atoms with Crippen molar-refractivity contribution in [2.75, 3.05) is 5.73 Å². The van der Waals surface area contributed by atoms with E-state index in [4.69, 9.17) is 5.73 Å². The topological polar surface area (TPSA) is 65.2 Å². The first-order valence-corrected chi connectivity index (χ1v) is 5.46. The number of ether oxygens (including phenoxy) is 1. The van der Waals surface area contributed by atoms with Gasteiger partial charge in [-0.25, -0.2) is 4.98 Å². The van der Waals surface area contributed by atoms with Crippen LogP contribution in [0.25, 0.3) is 11.1 Å². The van der Waals surface area contributed by atoms with E-state index in [1.807, 2.05) is 0 Å². The summed E-state index contributed by atoms with van der Waals surface area (Å²) in [5.41, 5.74) is 6.44. The van der Waals surface area contributed by atoms with Crippen LogP contribution in [0.5, 0.6) is 5.75 Å². The Morgan fingerprint density at radius 2 is 2.00 bits per heavy atom. The number of alkyl halides is 3. The van der Waals surface area contributed by atoms with E-state index >= 15 is 0 Å². The van der Waals surface area contributed by atoms with E-state index < -0.39 is 6.36 Å². The van der Waals surface area contributed by atoms with Gasteiger partial charge < -0.3 is 10.5 Å². The van der Waals surface area contributed by atoms with Crippen LogP contribution < -0.4 is 10.5 Å². The number of aromatic nitrogens is 1. The van der Waals surface area contributed by atoms with Gasteiger partial charge in [-0.1, -0.05) is 12.1 Å². The van der Waals surface area contributed by atoms with Gasteiger partial charge in [0.2, 0.25) is 0 Å². The summed E-state index contributed by atoms with van der Waals surface area (Å²) >= 11 is 0. The van der Waals surface area contributed by atoms with E-state index in [0.29, 0.717) is 17.4 Å². The lowest BCUT2D eigenvalue weighted by atomic mass is 10.0. The zero-order chi connectivity index (χ0) is 14.8. The lowest BCUT2D eigenvalue weighted by molar-refractivity contribution is -0.274. The van der Waals surface area contributed by atoms with Crippen LogP contribution in [0.3, 0.4) is 0 Å². The number of rotatable bonds is 3. The number of nitrogen functional groups attached to an aromatic ring is 1. The summed E-state index contributed by atoms with van der Waals surface area (Å²) in [7, 11) is 0. The summed E-state index contributed by atoms with van der Waals surface area (Å²) in [6.45, 7) is 0. The SMILES string of the molecule is Nc1cc(C=O)c(-c2cccc(OC(F)(F)F)c2)cn1. The molecular formula is C13H9F3N2O2. The normalized spacial score (nSPS) is 11.2. The fraction of sp³-hybridized carbons (Fsp3) is 0.0769. The number of nitrogens with zero attached hydrogens (tertiary/aromatic N) is 1. The average Bonchev–Trinajstić information content (AvgIpc) is 2.36. The molecule has 0 saturated carbocycles. The molecule has 0 radical (unpaired) electrons. The van der Waals surface area contributed by atoms with Crippen molar-refractivity contribution >= 4 is 12.1 Å². The third kappa shape index (κ3) is 3.25. The molecule has 104 valence electrons. The molecular weight excluding hydrogens is 273 g/mol. The molecule has 2 rings (SSSR count). The van der Waals surface area contributed by atoms with Gasteiger partial charge in [0.15, 0.2) is 6.29 Å². The highest BCUT2D eigenvalue weighted by molar-refractivity contribution is 5.88. The Kier molecular flexibility index (Phi) is 3.60. The highest BCUT2D eigenvalue weighted by Gasteiger charge is 2.31. The minimum absolute atomic E-state index is 0.151. The van der Waals surface area contributed by atoms with Gasteiger partial charge in [0.25, 0.3) is 0 Å². The van der Waals surface area contributed by atoms with Crippen molar-refractivity contribution in [2.24, 2.45) is 0 Å². The number of hydrogen-bond donors (Lipinski definition) is 1. The second-order valence-electron chi connectivity index (χ2n) is 3.89. The summed E-state index contributed by atoms with van der Waals surface area (Å²) < 4.78 is 40.3. The molecule has 0 aliphatic carbocycles. The maximum atomic E-state index is 12.2. The van der Waals surface area contributed by atoms with Crippen LogP contribution in [0.1, 0.15) is 10.4 Å². The molecule has 0 saturated heterocycles. The molecule has 0 bridgehead atoms. The fourth-order valence-corrected chi connectivity index (χ4v) is 1.69. The number of nitrogens with two attached hydrogens (primary N) is 1. The quantitative estimate of drug-likeness (QED) is 0.879. The molecule has 1 heterocycles. The number of anilines is 1. The van der Waals surface area contributed by atoms with Crippen LogP contribution in [0.15, 0.2) is 36.5 Å². The second-order valence-corrected chi connectivity index (χ2v) is 3.89. The first kappa shape index (κ1) is 13.9. The standard InChI is InChI=1S/C13H9F3N2O2/c14-13(15,16)20-10-3-1-2-8(4-10)11-6-18-12(17)5-9(11)7-19/h1-7H,(H2,17,18). The first-order chi connectivity index (χ1) is 9.39. The zero-order valence-corrected chi connectivity index (χ0v) is 10.0. The van der Waals surface area contributed by atoms with Crippen LogP contribution >= 0.6 is 0 Å². The molecule has 2 N–H and O–H groups in total. The number of halogens is 3. The smallest absolute Gasteiger partial charge is 0.406 e. The maximum absolute atomic E-state index is 12.2. The molecule has 0 amide bonds. The van der Waals surface area contributed by atoms with Gasteiger partial charge in [0, 0.05) is 17.3 Å². The van der Waals surface area contributed by atoms with E-state index in [0.717, 1.165) is 0 Å². The third-order valence-corrected chi connectivity index (χ3v) is 2.46. The molecule has 2 aromatic rings. The number of carbonyl (C=O) groups excluding carboxylic acids is 1. The van der Waals surface area contributed by atoms with E-state index in [-0.39, 0.29) is 17.1 Å². The third-order valence-electron chi connectivity index (χ3n) is 2.46. The summed E-state index contributed by atoms with van der Waals surface area (Å²) in [6, 6.07) is 6.63. The zero-order valence-electron chi connectivity index (χ0n) is 10.0. The van der Waals surface area contributed by atoms with Crippen LogP contribution in [-0.4, -0.2) is 17.6 Å². The largest absolute Gasteiger partial charge is 0.573 e. The van der Waals surface area contributed by atoms with Crippen molar-refractivity contribution in [3.8, 4) is 16.9 Å². The molecule has 4 nitrogen and oxygen atoms in total. The van der Waals surface area contributed by atoms with Gasteiger partial charge in [0.05, 0.1) is 0 Å². The van der Waals surface area contributed by atoms with Crippen molar-refractivity contribution < 1.29 is 22.7 Å². The summed E-state index contributed by atoms with van der Waals surface area (Å²) in [5.74, 6) is -0.220. The van der Waals surface area contributed by atoms with Crippen LogP contribution in [0, 0.1) is 0 Å². The van der Waals surface area contributed by atoms with E-state index in [1.165, 1.54) is 30.5 Å². The number of aldehydes is 1. The lowest BCUT2D eigenvalue weighted by Crippen LogP contribution is -2.17. The minimum Gasteiger partial charge on any atom is -0.406 e. The molecule has 1 aromatic heterocycles. The van der Waals surface area contributed by atoms with E-state index in [2.05, 4.69) is 9.72 Å². The van der Waals surface area contributed by atoms with Crippen LogP contribution in [0.4, 0.5) is 19.0 Å². The molecule has 0 spiro atoms. The first-order valence-electron chi connectivity index (χ1n) is 5.46. The van der Waals surface area contributed by atoms with Gasteiger partial charge >= 0.3 is 6.36 Å². The predicted molar refractivity (Wildman–Crippen MR) is 66.2 cm³/mol.